The lowest BCUT2D eigenvalue weighted by atomic mass is 9.83. The van der Waals surface area contributed by atoms with Gasteiger partial charge in [0.05, 0.1) is 6.54 Å². The topological polar surface area (TPSA) is 183 Å². The van der Waals surface area contributed by atoms with E-state index in [9.17, 15) is 33.6 Å². The lowest BCUT2D eigenvalue weighted by Crippen LogP contribution is -2.60. The van der Waals surface area contributed by atoms with Crippen LogP contribution < -0.4 is 21.3 Å². The average Bonchev–Trinajstić information content (AvgIpc) is 3.91. The predicted octanol–water partition coefficient (Wildman–Crippen LogP) is 2.22. The van der Waals surface area contributed by atoms with Crippen LogP contribution in [0.4, 0.5) is 4.79 Å². The minimum atomic E-state index is -1.45. The number of piperidine rings is 1. The van der Waals surface area contributed by atoms with E-state index in [1.807, 2.05) is 13.8 Å². The number of ether oxygens (including phenoxy) is 1. The molecule has 3 saturated carbocycles. The summed E-state index contributed by atoms with van der Waals surface area (Å²) in [5.41, 5.74) is -1.87. The Labute approximate surface area is 305 Å². The number of nitrogens with one attached hydrogen (secondary N) is 4. The fourth-order valence-corrected chi connectivity index (χ4v) is 7.98. The third-order valence-corrected chi connectivity index (χ3v) is 11.1. The van der Waals surface area contributed by atoms with Crippen LogP contribution in [0.3, 0.4) is 0 Å². The fraction of sp³-hybridized carbons (Fsp3) is 0.658. The van der Waals surface area contributed by atoms with Gasteiger partial charge in [-0.05, 0) is 75.2 Å². The molecule has 284 valence electrons. The maximum absolute atomic E-state index is 14.3. The molecule has 0 aromatic heterocycles. The predicted molar refractivity (Wildman–Crippen MR) is 190 cm³/mol. The van der Waals surface area contributed by atoms with Gasteiger partial charge in [-0.25, -0.2) is 4.79 Å². The average molecular weight is 723 g/mol. The Balaban J connectivity index is 1.25. The number of ketones is 1. The van der Waals surface area contributed by atoms with Gasteiger partial charge in [0.15, 0.2) is 0 Å². The number of carbonyl (C=O) groups is 7. The van der Waals surface area contributed by atoms with Crippen molar-refractivity contribution in [2.45, 2.75) is 109 Å². The van der Waals surface area contributed by atoms with Gasteiger partial charge in [0.1, 0.15) is 29.3 Å². The summed E-state index contributed by atoms with van der Waals surface area (Å²) in [5.74, 6) is -4.02. The minimum Gasteiger partial charge on any atom is -0.444 e. The highest BCUT2D eigenvalue weighted by atomic mass is 16.6. The van der Waals surface area contributed by atoms with Crippen molar-refractivity contribution >= 4 is 41.4 Å². The van der Waals surface area contributed by atoms with Gasteiger partial charge in [0.2, 0.25) is 29.4 Å². The van der Waals surface area contributed by atoms with Crippen LogP contribution in [0.25, 0.3) is 0 Å². The van der Waals surface area contributed by atoms with Gasteiger partial charge >= 0.3 is 6.09 Å². The van der Waals surface area contributed by atoms with Crippen LogP contribution in [0.15, 0.2) is 30.3 Å². The normalized spacial score (nSPS) is 23.9. The molecular weight excluding hydrogens is 668 g/mol. The first-order chi connectivity index (χ1) is 24.4. The van der Waals surface area contributed by atoms with Gasteiger partial charge in [0, 0.05) is 20.6 Å². The molecule has 1 aliphatic heterocycles. The second-order valence-corrected chi connectivity index (χ2v) is 16.6. The summed E-state index contributed by atoms with van der Waals surface area (Å²) >= 11 is 0. The van der Waals surface area contributed by atoms with E-state index in [0.29, 0.717) is 12.1 Å². The molecule has 0 spiro atoms. The Morgan fingerprint density at radius 3 is 2.15 bits per heavy atom. The highest BCUT2D eigenvalue weighted by Gasteiger charge is 2.70. The largest absolute Gasteiger partial charge is 0.444 e. The second kappa shape index (κ2) is 14.9. The van der Waals surface area contributed by atoms with E-state index in [1.54, 1.807) is 70.1 Å². The number of carbonyl (C=O) groups excluding carboxylic acids is 7. The number of hydrogen-bond donors (Lipinski definition) is 4. The van der Waals surface area contributed by atoms with Crippen LogP contribution in [-0.4, -0.2) is 102 Å². The summed E-state index contributed by atoms with van der Waals surface area (Å²) < 4.78 is 5.51. The number of hydrogen-bond acceptors (Lipinski definition) is 8. The maximum Gasteiger partial charge on any atom is 0.408 e. The van der Waals surface area contributed by atoms with Crippen LogP contribution in [-0.2, 0) is 33.5 Å². The summed E-state index contributed by atoms with van der Waals surface area (Å²) in [5, 5.41) is 10.6. The Bertz CT molecular complexity index is 1580. The van der Waals surface area contributed by atoms with Crippen molar-refractivity contribution in [2.75, 3.05) is 27.2 Å². The zero-order valence-corrected chi connectivity index (χ0v) is 31.4. The molecule has 14 nitrogen and oxygen atoms in total. The number of likely N-dealkylation sites (tertiary alicyclic amines) is 1. The number of benzene rings is 1. The lowest BCUT2D eigenvalue weighted by molar-refractivity contribution is -0.145. The molecule has 1 saturated heterocycles. The molecule has 5 rings (SSSR count). The molecule has 5 atom stereocenters. The summed E-state index contributed by atoms with van der Waals surface area (Å²) in [6, 6.07) is 5.92. The summed E-state index contributed by atoms with van der Waals surface area (Å²) in [6.45, 7) is 9.13. The number of likely N-dealkylation sites (N-methyl/N-ethyl adjacent to an activating group) is 1. The summed E-state index contributed by atoms with van der Waals surface area (Å²) in [7, 11) is 3.13. The third kappa shape index (κ3) is 8.42. The monoisotopic (exact) mass is 722 g/mol. The summed E-state index contributed by atoms with van der Waals surface area (Å²) in [6.07, 6.45) is 4.21. The Hall–Kier alpha value is -4.49. The molecule has 0 bridgehead atoms. The molecule has 0 radical (unpaired) electrons. The number of nitrogens with zero attached hydrogens (tertiary/aromatic N) is 2. The van der Waals surface area contributed by atoms with E-state index in [-0.39, 0.29) is 47.8 Å². The Kier molecular flexibility index (Phi) is 11.1. The second-order valence-electron chi connectivity index (χ2n) is 16.6. The minimum absolute atomic E-state index is 0.0625. The molecule has 5 unspecified atom stereocenters. The van der Waals surface area contributed by atoms with Crippen LogP contribution in [0.5, 0.6) is 0 Å². The zero-order valence-electron chi connectivity index (χ0n) is 31.4. The van der Waals surface area contributed by atoms with Crippen molar-refractivity contribution in [2.24, 2.45) is 23.2 Å². The third-order valence-electron chi connectivity index (χ3n) is 11.1. The molecule has 4 aliphatic rings. The first kappa shape index (κ1) is 38.7. The van der Waals surface area contributed by atoms with E-state index in [0.717, 1.165) is 32.1 Å². The number of amides is 6. The molecule has 1 heterocycles. The van der Waals surface area contributed by atoms with Crippen molar-refractivity contribution in [1.29, 1.82) is 0 Å². The molecule has 14 heteroatoms. The molecule has 1 aromatic carbocycles. The molecule has 4 N–H and O–H groups in total. The van der Waals surface area contributed by atoms with Crippen molar-refractivity contribution in [1.82, 2.24) is 31.1 Å². The van der Waals surface area contributed by atoms with E-state index >= 15 is 0 Å². The van der Waals surface area contributed by atoms with E-state index < -0.39 is 65.4 Å². The first-order valence-electron chi connectivity index (χ1n) is 18.4. The van der Waals surface area contributed by atoms with Gasteiger partial charge in [-0.2, -0.15) is 0 Å². The van der Waals surface area contributed by atoms with Crippen LogP contribution in [0, 0.1) is 23.2 Å². The number of Topliss-reactive ketones (excluding diaryl/α,β-unsaturated/α-hetero) is 1. The van der Waals surface area contributed by atoms with Gasteiger partial charge < -0.3 is 35.8 Å². The van der Waals surface area contributed by atoms with Crippen molar-refractivity contribution in [3.63, 3.8) is 0 Å². The van der Waals surface area contributed by atoms with Crippen LogP contribution in [0.1, 0.15) is 91.2 Å². The number of alkyl carbamates (subject to hydrolysis) is 1. The maximum atomic E-state index is 14.3. The van der Waals surface area contributed by atoms with Crippen LogP contribution in [0.2, 0.25) is 0 Å². The van der Waals surface area contributed by atoms with Gasteiger partial charge in [0.25, 0.3) is 5.91 Å². The Morgan fingerprint density at radius 1 is 0.942 bits per heavy atom. The standard InChI is InChI=1S/C38H54N6O8/c1-36(2,3)52-35(51)41-28(23-16-12-9-13-17-23)34(50)44-21-24-26(37(24,4)5)29(44)31(47)42-38(18-19-38)30(46)32(48)39-20-25(45)40-27(33(49)43(6)7)22-14-10-8-11-15-22/h8,10-11,14-15,23-24,26-29H,9,12-13,16-21H2,1-7H3,(H,39,48)(H,40,45)(H,41,51)(H,42,47). The van der Waals surface area contributed by atoms with Gasteiger partial charge in [-0.3, -0.25) is 28.8 Å². The first-order valence-corrected chi connectivity index (χ1v) is 18.4. The smallest absolute Gasteiger partial charge is 0.408 e. The van der Waals surface area contributed by atoms with E-state index in [1.165, 1.54) is 4.90 Å². The van der Waals surface area contributed by atoms with Gasteiger partial charge in [-0.15, -0.1) is 0 Å². The number of rotatable bonds is 12. The van der Waals surface area contributed by atoms with Gasteiger partial charge in [-0.1, -0.05) is 63.4 Å². The highest BCUT2D eigenvalue weighted by molar-refractivity contribution is 6.41. The van der Waals surface area contributed by atoms with Crippen molar-refractivity contribution < 1.29 is 38.3 Å². The molecule has 6 amide bonds. The zero-order chi connectivity index (χ0) is 38.2. The van der Waals surface area contributed by atoms with E-state index in [4.69, 9.17) is 4.74 Å². The van der Waals surface area contributed by atoms with E-state index in [2.05, 4.69) is 21.3 Å². The molecule has 3 aliphatic carbocycles. The van der Waals surface area contributed by atoms with Crippen molar-refractivity contribution in [3.8, 4) is 0 Å². The highest BCUT2D eigenvalue weighted by Crippen LogP contribution is 2.65. The molecular formula is C38H54N6O8. The SMILES string of the molecule is CN(C)C(=O)C(NC(=O)CNC(=O)C(=O)C1(NC(=O)C2C3C(CN2C(=O)C(NC(=O)OC(C)(C)C)C2CCCCC2)C3(C)C)CC1)c1ccccc1. The molecule has 4 fully saturated rings. The quantitative estimate of drug-likeness (QED) is 0.237. The summed E-state index contributed by atoms with van der Waals surface area (Å²) in [4.78, 5) is 96.5. The molecule has 1 aromatic rings. The fourth-order valence-electron chi connectivity index (χ4n) is 7.98. The van der Waals surface area contributed by atoms with Crippen molar-refractivity contribution in [3.05, 3.63) is 35.9 Å². The van der Waals surface area contributed by atoms with Crippen LogP contribution >= 0.6 is 0 Å². The molecule has 52 heavy (non-hydrogen) atoms. The Morgan fingerprint density at radius 2 is 1.58 bits per heavy atom. The lowest BCUT2D eigenvalue weighted by Gasteiger charge is -2.37. The number of fused-ring (bicyclic) bond motifs is 1.